The number of aryl methyl sites for hydroxylation is 1. The number of hydrogen-bond acceptors (Lipinski definition) is 4. The summed E-state index contributed by atoms with van der Waals surface area (Å²) >= 11 is 0. The Morgan fingerprint density at radius 3 is 2.95 bits per heavy atom. The molecule has 3 heterocycles. The van der Waals surface area contributed by atoms with Crippen LogP contribution in [0.15, 0.2) is 12.3 Å². The van der Waals surface area contributed by atoms with Crippen molar-refractivity contribution in [3.05, 3.63) is 23.4 Å². The summed E-state index contributed by atoms with van der Waals surface area (Å²) in [6.07, 6.45) is 5.84. The zero-order valence-corrected chi connectivity index (χ0v) is 12.5. The minimum absolute atomic E-state index is 0.0695. The van der Waals surface area contributed by atoms with Crippen molar-refractivity contribution in [3.63, 3.8) is 0 Å². The summed E-state index contributed by atoms with van der Waals surface area (Å²) in [7, 11) is 0. The summed E-state index contributed by atoms with van der Waals surface area (Å²) in [5.74, 6) is 1.10. The largest absolute Gasteiger partial charge is 0.392 e. The maximum atomic E-state index is 9.21. The third-order valence-electron chi connectivity index (χ3n) is 4.75. The van der Waals surface area contributed by atoms with Gasteiger partial charge in [-0.25, -0.2) is 4.98 Å². The first-order valence-corrected chi connectivity index (χ1v) is 7.76. The Kier molecular flexibility index (Phi) is 3.94. The van der Waals surface area contributed by atoms with E-state index < -0.39 is 0 Å². The maximum Gasteiger partial charge on any atom is 0.131 e. The molecule has 0 spiro atoms. The van der Waals surface area contributed by atoms with E-state index in [0.717, 1.165) is 24.5 Å². The summed E-state index contributed by atoms with van der Waals surface area (Å²) in [5, 5.41) is 9.21. The summed E-state index contributed by atoms with van der Waals surface area (Å²) in [6, 6.07) is 3.26. The second kappa shape index (κ2) is 5.70. The van der Waals surface area contributed by atoms with E-state index in [-0.39, 0.29) is 6.61 Å². The number of piperazine rings is 1. The first-order valence-electron chi connectivity index (χ1n) is 7.76. The van der Waals surface area contributed by atoms with E-state index >= 15 is 0 Å². The minimum atomic E-state index is 0.0695. The van der Waals surface area contributed by atoms with Crippen molar-refractivity contribution in [1.29, 1.82) is 0 Å². The van der Waals surface area contributed by atoms with Crippen molar-refractivity contribution in [3.8, 4) is 0 Å². The molecule has 2 saturated heterocycles. The quantitative estimate of drug-likeness (QED) is 0.895. The zero-order chi connectivity index (χ0) is 14.1. The van der Waals surface area contributed by atoms with Crippen LogP contribution in [0.3, 0.4) is 0 Å². The van der Waals surface area contributed by atoms with Crippen molar-refractivity contribution in [2.45, 2.75) is 51.8 Å². The fourth-order valence-corrected chi connectivity index (χ4v) is 3.66. The lowest BCUT2D eigenvalue weighted by atomic mass is 9.97. The van der Waals surface area contributed by atoms with Gasteiger partial charge in [-0.1, -0.05) is 6.42 Å². The van der Waals surface area contributed by atoms with Crippen LogP contribution in [0.4, 0.5) is 5.82 Å². The Morgan fingerprint density at radius 1 is 1.35 bits per heavy atom. The molecular formula is C16H25N3O. The standard InChI is InChI=1S/C16H25N3O/c1-12-7-14(11-20)8-17-16(12)19-10-15-5-3-4-6-18(15)9-13(19)2/h7-8,13,15,20H,3-6,9-11H2,1-2H3. The molecule has 0 saturated carbocycles. The number of fused-ring (bicyclic) bond motifs is 1. The molecule has 2 aliphatic rings. The van der Waals surface area contributed by atoms with Crippen molar-refractivity contribution in [2.75, 3.05) is 24.5 Å². The van der Waals surface area contributed by atoms with E-state index in [1.807, 2.05) is 6.20 Å². The zero-order valence-electron chi connectivity index (χ0n) is 12.5. The molecule has 2 fully saturated rings. The van der Waals surface area contributed by atoms with Crippen molar-refractivity contribution >= 4 is 5.82 Å². The van der Waals surface area contributed by atoms with Crippen molar-refractivity contribution in [1.82, 2.24) is 9.88 Å². The van der Waals surface area contributed by atoms with Gasteiger partial charge in [-0.2, -0.15) is 0 Å². The summed E-state index contributed by atoms with van der Waals surface area (Å²) in [6.45, 7) is 7.97. The first kappa shape index (κ1) is 13.8. The third-order valence-corrected chi connectivity index (χ3v) is 4.75. The van der Waals surface area contributed by atoms with Gasteiger partial charge in [0.15, 0.2) is 0 Å². The van der Waals surface area contributed by atoms with Gasteiger partial charge in [0, 0.05) is 31.4 Å². The Morgan fingerprint density at radius 2 is 2.20 bits per heavy atom. The number of aliphatic hydroxyl groups is 1. The lowest BCUT2D eigenvalue weighted by Crippen LogP contribution is -2.59. The SMILES string of the molecule is Cc1cc(CO)cnc1N1CC2CCCCN2CC1C. The van der Waals surface area contributed by atoms with Gasteiger partial charge >= 0.3 is 0 Å². The average Bonchev–Trinajstić information content (AvgIpc) is 2.46. The van der Waals surface area contributed by atoms with Gasteiger partial charge in [-0.3, -0.25) is 4.90 Å². The monoisotopic (exact) mass is 275 g/mol. The van der Waals surface area contributed by atoms with Crippen LogP contribution in [0.5, 0.6) is 0 Å². The summed E-state index contributed by atoms with van der Waals surface area (Å²) < 4.78 is 0. The average molecular weight is 275 g/mol. The van der Waals surface area contributed by atoms with Gasteiger partial charge in [-0.05, 0) is 50.4 Å². The Labute approximate surface area is 121 Å². The highest BCUT2D eigenvalue weighted by molar-refractivity contribution is 5.49. The number of aromatic nitrogens is 1. The Hall–Kier alpha value is -1.13. The molecule has 2 unspecified atom stereocenters. The molecule has 20 heavy (non-hydrogen) atoms. The molecule has 4 heteroatoms. The van der Waals surface area contributed by atoms with E-state index in [2.05, 4.69) is 34.7 Å². The van der Waals surface area contributed by atoms with Crippen LogP contribution in [-0.2, 0) is 6.61 Å². The normalized spacial score (nSPS) is 27.4. The summed E-state index contributed by atoms with van der Waals surface area (Å²) in [5.41, 5.74) is 2.07. The molecule has 1 aromatic heterocycles. The van der Waals surface area contributed by atoms with E-state index in [1.54, 1.807) is 0 Å². The molecule has 0 radical (unpaired) electrons. The molecule has 0 bridgehead atoms. The van der Waals surface area contributed by atoms with Crippen LogP contribution >= 0.6 is 0 Å². The van der Waals surface area contributed by atoms with Gasteiger partial charge in [0.2, 0.25) is 0 Å². The van der Waals surface area contributed by atoms with E-state index in [4.69, 9.17) is 0 Å². The molecular weight excluding hydrogens is 250 g/mol. The lowest BCUT2D eigenvalue weighted by Gasteiger charge is -2.48. The number of pyridine rings is 1. The van der Waals surface area contributed by atoms with E-state index in [1.165, 1.54) is 31.4 Å². The third kappa shape index (κ3) is 2.54. The fourth-order valence-electron chi connectivity index (χ4n) is 3.66. The van der Waals surface area contributed by atoms with Crippen LogP contribution in [0, 0.1) is 6.92 Å². The van der Waals surface area contributed by atoms with Gasteiger partial charge in [-0.15, -0.1) is 0 Å². The highest BCUT2D eigenvalue weighted by Crippen LogP contribution is 2.28. The van der Waals surface area contributed by atoms with Crippen LogP contribution in [0.25, 0.3) is 0 Å². The molecule has 2 atom stereocenters. The molecule has 1 N–H and O–H groups in total. The van der Waals surface area contributed by atoms with E-state index in [9.17, 15) is 5.11 Å². The van der Waals surface area contributed by atoms with Gasteiger partial charge in [0.1, 0.15) is 5.82 Å². The van der Waals surface area contributed by atoms with Crippen LogP contribution < -0.4 is 4.90 Å². The smallest absolute Gasteiger partial charge is 0.131 e. The predicted molar refractivity (Wildman–Crippen MR) is 80.9 cm³/mol. The lowest BCUT2D eigenvalue weighted by molar-refractivity contribution is 0.115. The minimum Gasteiger partial charge on any atom is -0.392 e. The Balaban J connectivity index is 1.82. The van der Waals surface area contributed by atoms with Gasteiger partial charge in [0.25, 0.3) is 0 Å². The molecule has 4 nitrogen and oxygen atoms in total. The summed E-state index contributed by atoms with van der Waals surface area (Å²) in [4.78, 5) is 9.72. The van der Waals surface area contributed by atoms with Crippen molar-refractivity contribution < 1.29 is 5.11 Å². The molecule has 3 rings (SSSR count). The number of nitrogens with zero attached hydrogens (tertiary/aromatic N) is 3. The van der Waals surface area contributed by atoms with Crippen LogP contribution in [0.1, 0.15) is 37.3 Å². The number of hydrogen-bond donors (Lipinski definition) is 1. The van der Waals surface area contributed by atoms with Gasteiger partial charge in [0.05, 0.1) is 6.61 Å². The predicted octanol–water partition coefficient (Wildman–Crippen LogP) is 1.95. The number of anilines is 1. The number of piperidine rings is 1. The number of rotatable bonds is 2. The highest BCUT2D eigenvalue weighted by atomic mass is 16.3. The highest BCUT2D eigenvalue weighted by Gasteiger charge is 2.33. The molecule has 110 valence electrons. The topological polar surface area (TPSA) is 39.6 Å². The second-order valence-corrected chi connectivity index (χ2v) is 6.29. The first-order chi connectivity index (χ1) is 9.69. The molecule has 1 aromatic rings. The fraction of sp³-hybridized carbons (Fsp3) is 0.688. The molecule has 2 aliphatic heterocycles. The van der Waals surface area contributed by atoms with Gasteiger partial charge < -0.3 is 10.0 Å². The molecule has 0 amide bonds. The van der Waals surface area contributed by atoms with Crippen LogP contribution in [0.2, 0.25) is 0 Å². The van der Waals surface area contributed by atoms with Crippen molar-refractivity contribution in [2.24, 2.45) is 0 Å². The number of aliphatic hydroxyl groups excluding tert-OH is 1. The Bertz CT molecular complexity index is 477. The second-order valence-electron chi connectivity index (χ2n) is 6.29. The maximum absolute atomic E-state index is 9.21. The van der Waals surface area contributed by atoms with Crippen LogP contribution in [-0.4, -0.2) is 46.7 Å². The molecule has 0 aromatic carbocycles. The molecule has 0 aliphatic carbocycles. The van der Waals surface area contributed by atoms with E-state index in [0.29, 0.717) is 12.1 Å².